The van der Waals surface area contributed by atoms with Gasteiger partial charge < -0.3 is 9.47 Å². The topological polar surface area (TPSA) is 25.2 Å². The van der Waals surface area contributed by atoms with Gasteiger partial charge in [0.25, 0.3) is 0 Å². The summed E-state index contributed by atoms with van der Waals surface area (Å²) in [6.07, 6.45) is 3.86. The van der Waals surface area contributed by atoms with E-state index in [-0.39, 0.29) is 11.8 Å². The van der Waals surface area contributed by atoms with Crippen molar-refractivity contribution in [3.05, 3.63) is 18.5 Å². The molecule has 13 heavy (non-hydrogen) atoms. The summed E-state index contributed by atoms with van der Waals surface area (Å²) < 4.78 is 1.93. The SMILES string of the molecule is CC(C)C(=O)N(C)c1ccn(C)c1. The highest BCUT2D eigenvalue weighted by molar-refractivity contribution is 5.93. The van der Waals surface area contributed by atoms with E-state index >= 15 is 0 Å². The molecule has 0 radical (unpaired) electrons. The highest BCUT2D eigenvalue weighted by Crippen LogP contribution is 2.14. The molecule has 0 aliphatic carbocycles. The monoisotopic (exact) mass is 180 g/mol. The van der Waals surface area contributed by atoms with Crippen LogP contribution in [0.5, 0.6) is 0 Å². The van der Waals surface area contributed by atoms with Crippen molar-refractivity contribution < 1.29 is 4.79 Å². The van der Waals surface area contributed by atoms with E-state index in [9.17, 15) is 4.79 Å². The molecule has 0 aromatic carbocycles. The molecule has 0 saturated heterocycles. The van der Waals surface area contributed by atoms with E-state index in [1.807, 2.05) is 43.9 Å². The second-order valence-electron chi connectivity index (χ2n) is 3.59. The van der Waals surface area contributed by atoms with E-state index in [1.54, 1.807) is 11.9 Å². The molecule has 0 aliphatic rings. The molecule has 0 N–H and O–H groups in total. The second-order valence-corrected chi connectivity index (χ2v) is 3.59. The Balaban J connectivity index is 2.79. The van der Waals surface area contributed by atoms with Crippen molar-refractivity contribution in [3.8, 4) is 0 Å². The highest BCUT2D eigenvalue weighted by Gasteiger charge is 2.14. The molecule has 1 aromatic rings. The normalized spacial score (nSPS) is 10.5. The summed E-state index contributed by atoms with van der Waals surface area (Å²) >= 11 is 0. The fraction of sp³-hybridized carbons (Fsp3) is 0.500. The number of anilines is 1. The number of rotatable bonds is 2. The molecule has 0 saturated carbocycles. The lowest BCUT2D eigenvalue weighted by Crippen LogP contribution is -2.29. The van der Waals surface area contributed by atoms with Crippen molar-refractivity contribution in [1.82, 2.24) is 4.57 Å². The Labute approximate surface area is 79.0 Å². The molecule has 3 nitrogen and oxygen atoms in total. The summed E-state index contributed by atoms with van der Waals surface area (Å²) in [6, 6.07) is 1.93. The molecule has 1 amide bonds. The number of aromatic nitrogens is 1. The molecule has 72 valence electrons. The standard InChI is InChI=1S/C10H16N2O/c1-8(2)10(13)12(4)9-5-6-11(3)7-9/h5-8H,1-4H3. The first kappa shape index (κ1) is 9.84. The third-order valence-corrected chi connectivity index (χ3v) is 2.03. The van der Waals surface area contributed by atoms with Crippen LogP contribution in [0.25, 0.3) is 0 Å². The van der Waals surface area contributed by atoms with Crippen molar-refractivity contribution >= 4 is 11.6 Å². The van der Waals surface area contributed by atoms with Gasteiger partial charge in [-0.15, -0.1) is 0 Å². The van der Waals surface area contributed by atoms with E-state index in [4.69, 9.17) is 0 Å². The van der Waals surface area contributed by atoms with Gasteiger partial charge in [0, 0.05) is 32.4 Å². The van der Waals surface area contributed by atoms with Gasteiger partial charge in [-0.1, -0.05) is 13.8 Å². The first-order valence-corrected chi connectivity index (χ1v) is 4.42. The zero-order valence-electron chi connectivity index (χ0n) is 8.61. The van der Waals surface area contributed by atoms with Crippen LogP contribution >= 0.6 is 0 Å². The number of hydrogen-bond acceptors (Lipinski definition) is 1. The summed E-state index contributed by atoms with van der Waals surface area (Å²) in [7, 11) is 3.74. The quantitative estimate of drug-likeness (QED) is 0.679. The van der Waals surface area contributed by atoms with Gasteiger partial charge in [-0.2, -0.15) is 0 Å². The molecule has 0 atom stereocenters. The highest BCUT2D eigenvalue weighted by atomic mass is 16.2. The van der Waals surface area contributed by atoms with Gasteiger partial charge in [0.1, 0.15) is 0 Å². The largest absolute Gasteiger partial charge is 0.355 e. The Hall–Kier alpha value is -1.25. The van der Waals surface area contributed by atoms with Crippen LogP contribution in [0, 0.1) is 5.92 Å². The minimum atomic E-state index is 0.0465. The summed E-state index contributed by atoms with van der Waals surface area (Å²) in [5.74, 6) is 0.191. The summed E-state index contributed by atoms with van der Waals surface area (Å²) in [4.78, 5) is 13.3. The Bertz CT molecular complexity index is 302. The van der Waals surface area contributed by atoms with Crippen LogP contribution in [0.1, 0.15) is 13.8 Å². The smallest absolute Gasteiger partial charge is 0.229 e. The van der Waals surface area contributed by atoms with Crippen molar-refractivity contribution in [2.75, 3.05) is 11.9 Å². The predicted octanol–water partition coefficient (Wildman–Crippen LogP) is 1.64. The number of hydrogen-bond donors (Lipinski definition) is 0. The molecule has 0 bridgehead atoms. The van der Waals surface area contributed by atoms with Gasteiger partial charge in [0.05, 0.1) is 5.69 Å². The molecule has 0 fully saturated rings. The molecule has 0 aliphatic heterocycles. The lowest BCUT2D eigenvalue weighted by Gasteiger charge is -2.17. The van der Waals surface area contributed by atoms with Crippen molar-refractivity contribution in [3.63, 3.8) is 0 Å². The maximum Gasteiger partial charge on any atom is 0.229 e. The number of nitrogens with zero attached hydrogens (tertiary/aromatic N) is 2. The Morgan fingerprint density at radius 1 is 1.54 bits per heavy atom. The van der Waals surface area contributed by atoms with Gasteiger partial charge in [-0.25, -0.2) is 0 Å². The molecule has 0 spiro atoms. The molecule has 1 heterocycles. The van der Waals surface area contributed by atoms with E-state index < -0.39 is 0 Å². The van der Waals surface area contributed by atoms with E-state index in [0.717, 1.165) is 5.69 Å². The summed E-state index contributed by atoms with van der Waals surface area (Å²) in [5, 5.41) is 0. The number of aryl methyl sites for hydroxylation is 1. The van der Waals surface area contributed by atoms with Crippen LogP contribution < -0.4 is 4.90 Å². The van der Waals surface area contributed by atoms with Gasteiger partial charge in [-0.05, 0) is 6.07 Å². The Morgan fingerprint density at radius 2 is 2.15 bits per heavy atom. The van der Waals surface area contributed by atoms with Gasteiger partial charge in [0.2, 0.25) is 5.91 Å². The molecular weight excluding hydrogens is 164 g/mol. The van der Waals surface area contributed by atoms with Crippen LogP contribution in [0.3, 0.4) is 0 Å². The molecular formula is C10H16N2O. The number of carbonyl (C=O) groups excluding carboxylic acids is 1. The molecule has 1 rings (SSSR count). The van der Waals surface area contributed by atoms with E-state index in [2.05, 4.69) is 0 Å². The second kappa shape index (κ2) is 3.64. The third kappa shape index (κ3) is 2.11. The predicted molar refractivity (Wildman–Crippen MR) is 53.7 cm³/mol. The minimum Gasteiger partial charge on any atom is -0.355 e. The van der Waals surface area contributed by atoms with Gasteiger partial charge in [-0.3, -0.25) is 4.79 Å². The lowest BCUT2D eigenvalue weighted by molar-refractivity contribution is -0.121. The molecule has 3 heteroatoms. The van der Waals surface area contributed by atoms with Crippen LogP contribution in [-0.2, 0) is 11.8 Å². The molecule has 0 unspecified atom stereocenters. The van der Waals surface area contributed by atoms with Crippen LogP contribution in [-0.4, -0.2) is 17.5 Å². The first-order chi connectivity index (χ1) is 6.02. The summed E-state index contributed by atoms with van der Waals surface area (Å²) in [6.45, 7) is 3.81. The Morgan fingerprint density at radius 3 is 2.54 bits per heavy atom. The van der Waals surface area contributed by atoms with Crippen molar-refractivity contribution in [2.45, 2.75) is 13.8 Å². The van der Waals surface area contributed by atoms with E-state index in [1.165, 1.54) is 0 Å². The lowest BCUT2D eigenvalue weighted by atomic mass is 10.2. The minimum absolute atomic E-state index is 0.0465. The van der Waals surface area contributed by atoms with Crippen LogP contribution in [0.2, 0.25) is 0 Å². The zero-order valence-corrected chi connectivity index (χ0v) is 8.61. The van der Waals surface area contributed by atoms with Crippen molar-refractivity contribution in [1.29, 1.82) is 0 Å². The Kier molecular flexibility index (Phi) is 2.76. The average molecular weight is 180 g/mol. The fourth-order valence-corrected chi connectivity index (χ4v) is 1.20. The number of amides is 1. The first-order valence-electron chi connectivity index (χ1n) is 4.42. The molecule has 1 aromatic heterocycles. The van der Waals surface area contributed by atoms with Crippen LogP contribution in [0.15, 0.2) is 18.5 Å². The zero-order chi connectivity index (χ0) is 10.0. The summed E-state index contributed by atoms with van der Waals surface area (Å²) in [5.41, 5.74) is 0.946. The maximum atomic E-state index is 11.6. The van der Waals surface area contributed by atoms with Gasteiger partial charge in [0.15, 0.2) is 0 Å². The average Bonchev–Trinajstić information content (AvgIpc) is 2.49. The van der Waals surface area contributed by atoms with Crippen LogP contribution in [0.4, 0.5) is 5.69 Å². The fourth-order valence-electron chi connectivity index (χ4n) is 1.20. The number of carbonyl (C=O) groups is 1. The van der Waals surface area contributed by atoms with Gasteiger partial charge >= 0.3 is 0 Å². The van der Waals surface area contributed by atoms with E-state index in [0.29, 0.717) is 0 Å². The van der Waals surface area contributed by atoms with Crippen molar-refractivity contribution in [2.24, 2.45) is 13.0 Å². The maximum absolute atomic E-state index is 11.6. The third-order valence-electron chi connectivity index (χ3n) is 2.03.